The molecule has 5 aromatic rings. The van der Waals surface area contributed by atoms with Crippen LogP contribution in [0.3, 0.4) is 0 Å². The van der Waals surface area contributed by atoms with Crippen LogP contribution in [0.4, 0.5) is 5.69 Å². The Bertz CT molecular complexity index is 2190. The molecule has 7 rings (SSSR count). The van der Waals surface area contributed by atoms with Crippen molar-refractivity contribution in [1.82, 2.24) is 4.57 Å². The van der Waals surface area contributed by atoms with Crippen molar-refractivity contribution in [2.75, 3.05) is 0 Å². The van der Waals surface area contributed by atoms with Gasteiger partial charge in [0.05, 0.1) is 21.2 Å². The molecule has 1 aromatic heterocycles. The van der Waals surface area contributed by atoms with Gasteiger partial charge in [0, 0.05) is 33.3 Å². The molecular weight excluding hydrogens is 617 g/mol. The summed E-state index contributed by atoms with van der Waals surface area (Å²) < 4.78 is 8.19. The number of hydrogen-bond acceptors (Lipinski definition) is 6. The van der Waals surface area contributed by atoms with Crippen molar-refractivity contribution in [1.29, 1.82) is 0 Å². The predicted octanol–water partition coefficient (Wildman–Crippen LogP) is 7.11. The normalized spacial score (nSPS) is 15.7. The minimum absolute atomic E-state index is 0.0170. The monoisotopic (exact) mass is 639 g/mol. The largest absolute Gasteiger partial charge is 0.489 e. The molecule has 0 saturated carbocycles. The topological polar surface area (TPSA) is 86.7 Å². The van der Waals surface area contributed by atoms with E-state index in [0.717, 1.165) is 34.4 Å². The highest BCUT2D eigenvalue weighted by molar-refractivity contribution is 7.07. The molecule has 1 atom stereocenters. The van der Waals surface area contributed by atoms with Crippen molar-refractivity contribution in [3.8, 4) is 5.75 Å². The van der Waals surface area contributed by atoms with E-state index >= 15 is 0 Å². The van der Waals surface area contributed by atoms with E-state index in [9.17, 15) is 14.9 Å². The Hall–Kier alpha value is -4.50. The Morgan fingerprint density at radius 2 is 1.84 bits per heavy atom. The molecule has 2 aliphatic rings. The van der Waals surface area contributed by atoms with Gasteiger partial charge in [-0.25, -0.2) is 4.99 Å². The summed E-state index contributed by atoms with van der Waals surface area (Å²) in [6.45, 7) is 0.262. The molecule has 0 radical (unpaired) electrons. The van der Waals surface area contributed by atoms with Gasteiger partial charge in [-0.2, -0.15) is 0 Å². The second-order valence-electron chi connectivity index (χ2n) is 10.6. The van der Waals surface area contributed by atoms with Crippen LogP contribution in [-0.2, 0) is 13.0 Å². The molecule has 10 heteroatoms. The first-order valence-electron chi connectivity index (χ1n) is 13.9. The number of nitro groups is 1. The Balaban J connectivity index is 1.32. The quantitative estimate of drug-likeness (QED) is 0.146. The maximum absolute atomic E-state index is 14.1. The summed E-state index contributed by atoms with van der Waals surface area (Å²) in [6, 6.07) is 26.9. The van der Waals surface area contributed by atoms with Gasteiger partial charge in [-0.05, 0) is 65.4 Å². The van der Waals surface area contributed by atoms with Crippen molar-refractivity contribution >= 4 is 52.0 Å². The average molecular weight is 641 g/mol. The van der Waals surface area contributed by atoms with E-state index in [1.165, 1.54) is 23.0 Å². The number of nitrogens with zero attached hydrogens (tertiary/aromatic N) is 3. The highest BCUT2D eigenvalue weighted by Crippen LogP contribution is 2.41. The number of aryl methyl sites for hydroxylation is 1. The Kier molecular flexibility index (Phi) is 7.42. The number of non-ortho nitro benzene ring substituents is 1. The van der Waals surface area contributed by atoms with Crippen molar-refractivity contribution in [2.24, 2.45) is 4.99 Å². The van der Waals surface area contributed by atoms with Gasteiger partial charge in [0.1, 0.15) is 12.4 Å². The summed E-state index contributed by atoms with van der Waals surface area (Å²) in [4.78, 5) is 30.9. The third-order valence-corrected chi connectivity index (χ3v) is 9.40. The Morgan fingerprint density at radius 3 is 2.68 bits per heavy atom. The highest BCUT2D eigenvalue weighted by Gasteiger charge is 2.33. The molecule has 44 heavy (non-hydrogen) atoms. The number of allylic oxidation sites excluding steroid dienone is 1. The van der Waals surface area contributed by atoms with Gasteiger partial charge in [0.2, 0.25) is 0 Å². The minimum Gasteiger partial charge on any atom is -0.489 e. The van der Waals surface area contributed by atoms with Crippen molar-refractivity contribution < 1.29 is 9.66 Å². The number of aromatic nitrogens is 1. The van der Waals surface area contributed by atoms with E-state index in [-0.39, 0.29) is 17.9 Å². The molecular formula is C34H23Cl2N3O4S. The molecule has 2 heterocycles. The first-order chi connectivity index (χ1) is 21.4. The zero-order chi connectivity index (χ0) is 30.4. The molecule has 7 nitrogen and oxygen atoms in total. The fourth-order valence-corrected chi connectivity index (χ4v) is 7.24. The van der Waals surface area contributed by atoms with Crippen LogP contribution in [-0.4, -0.2) is 9.49 Å². The number of fused-ring (bicyclic) bond motifs is 3. The molecule has 1 aliphatic carbocycles. The second kappa shape index (κ2) is 11.5. The lowest BCUT2D eigenvalue weighted by Crippen LogP contribution is -2.38. The van der Waals surface area contributed by atoms with Crippen LogP contribution < -0.4 is 19.6 Å². The molecule has 0 saturated heterocycles. The molecule has 0 bridgehead atoms. The maximum Gasteiger partial charge on any atom is 0.271 e. The van der Waals surface area contributed by atoms with Crippen molar-refractivity contribution in [2.45, 2.75) is 25.5 Å². The third-order valence-electron chi connectivity index (χ3n) is 7.84. The highest BCUT2D eigenvalue weighted by atomic mass is 35.5. The maximum atomic E-state index is 14.1. The summed E-state index contributed by atoms with van der Waals surface area (Å²) in [5, 5.41) is 12.8. The van der Waals surface area contributed by atoms with E-state index in [2.05, 4.69) is 12.1 Å². The van der Waals surface area contributed by atoms with Gasteiger partial charge in [-0.1, -0.05) is 89.1 Å². The smallest absolute Gasteiger partial charge is 0.271 e. The first-order valence-corrected chi connectivity index (χ1v) is 15.5. The van der Waals surface area contributed by atoms with Gasteiger partial charge in [0.15, 0.2) is 4.80 Å². The van der Waals surface area contributed by atoms with E-state index in [4.69, 9.17) is 32.9 Å². The van der Waals surface area contributed by atoms with Crippen LogP contribution in [0.15, 0.2) is 106 Å². The fourth-order valence-electron chi connectivity index (χ4n) is 5.78. The molecule has 1 aliphatic heterocycles. The molecule has 0 unspecified atom stereocenters. The number of ether oxygens (including phenoxy) is 1. The molecule has 218 valence electrons. The standard InChI is InChI=1S/C34H23Cl2N3O4S/c35-24-13-11-23(29(36)18-24)19-43-26-9-3-5-20(15-26)16-30-33(40)38-32(22-7-4-8-25(17-22)39(41)42)28-14-12-21-6-1-2-10-27(21)31(28)37-34(38)44-30/h1-11,13,15-18,32H,12,14,19H2/b30-16+/t32-/m1/s1. The van der Waals surface area contributed by atoms with Gasteiger partial charge in [0.25, 0.3) is 11.2 Å². The van der Waals surface area contributed by atoms with E-state index in [1.807, 2.05) is 54.6 Å². The van der Waals surface area contributed by atoms with E-state index in [1.54, 1.807) is 28.8 Å². The number of thiazole rings is 1. The average Bonchev–Trinajstić information content (AvgIpc) is 3.33. The summed E-state index contributed by atoms with van der Waals surface area (Å²) in [5.41, 5.74) is 6.12. The fraction of sp³-hybridized carbons (Fsp3) is 0.118. The van der Waals surface area contributed by atoms with Gasteiger partial charge in [-0.15, -0.1) is 0 Å². The Labute approximate surface area is 265 Å². The third kappa shape index (κ3) is 5.26. The predicted molar refractivity (Wildman–Crippen MR) is 173 cm³/mol. The molecule has 0 amide bonds. The van der Waals surface area contributed by atoms with Gasteiger partial charge >= 0.3 is 0 Å². The molecule has 0 spiro atoms. The molecule has 4 aromatic carbocycles. The zero-order valence-electron chi connectivity index (χ0n) is 23.1. The first kappa shape index (κ1) is 28.3. The lowest BCUT2D eigenvalue weighted by molar-refractivity contribution is -0.384. The van der Waals surface area contributed by atoms with Crippen molar-refractivity contribution in [3.05, 3.63) is 164 Å². The lowest BCUT2D eigenvalue weighted by atomic mass is 9.83. The van der Waals surface area contributed by atoms with Crippen LogP contribution in [0, 0.1) is 10.1 Å². The van der Waals surface area contributed by atoms with Gasteiger partial charge in [-0.3, -0.25) is 19.5 Å². The zero-order valence-corrected chi connectivity index (χ0v) is 25.4. The number of halogens is 2. The summed E-state index contributed by atoms with van der Waals surface area (Å²) >= 11 is 13.6. The summed E-state index contributed by atoms with van der Waals surface area (Å²) in [6.07, 6.45) is 3.32. The lowest BCUT2D eigenvalue weighted by Gasteiger charge is -2.30. The number of hydrogen-bond donors (Lipinski definition) is 0. The van der Waals surface area contributed by atoms with Crippen LogP contribution in [0.5, 0.6) is 5.75 Å². The van der Waals surface area contributed by atoms with E-state index in [0.29, 0.717) is 37.1 Å². The Morgan fingerprint density at radius 1 is 1.00 bits per heavy atom. The number of benzene rings is 4. The van der Waals surface area contributed by atoms with Gasteiger partial charge < -0.3 is 4.74 Å². The SMILES string of the molecule is O=c1/c(=C\c2cccc(OCc3ccc(Cl)cc3Cl)c2)sc2n1[C@H](c1cccc([N+](=O)[O-])c1)C1=C(N=2)c2ccccc2CC1. The molecule has 0 N–H and O–H groups in total. The number of rotatable bonds is 6. The van der Waals surface area contributed by atoms with Crippen LogP contribution >= 0.6 is 34.5 Å². The summed E-state index contributed by atoms with van der Waals surface area (Å²) in [5.74, 6) is 0.624. The van der Waals surface area contributed by atoms with Crippen LogP contribution in [0.1, 0.15) is 40.3 Å². The molecule has 0 fully saturated rings. The minimum atomic E-state index is -0.504. The van der Waals surface area contributed by atoms with E-state index < -0.39 is 11.0 Å². The van der Waals surface area contributed by atoms with Crippen LogP contribution in [0.25, 0.3) is 11.8 Å². The number of nitro benzene ring substituents is 1. The van der Waals surface area contributed by atoms with Crippen molar-refractivity contribution in [3.63, 3.8) is 0 Å². The second-order valence-corrected chi connectivity index (χ2v) is 12.4. The van der Waals surface area contributed by atoms with Crippen LogP contribution in [0.2, 0.25) is 10.0 Å². The summed E-state index contributed by atoms with van der Waals surface area (Å²) in [7, 11) is 0.